The second kappa shape index (κ2) is 12.8. The van der Waals surface area contributed by atoms with Crippen molar-refractivity contribution in [3.05, 3.63) is 35.1 Å². The molecule has 0 aromatic heterocycles. The average Bonchev–Trinajstić information content (AvgIpc) is 3.46. The fourth-order valence-electron chi connectivity index (χ4n) is 11.2. The number of methoxy groups -OCH3 is 1. The predicted molar refractivity (Wildman–Crippen MR) is 199 cm³/mol. The lowest BCUT2D eigenvalue weighted by Crippen LogP contribution is -2.52. The van der Waals surface area contributed by atoms with Gasteiger partial charge in [-0.3, -0.25) is 0 Å². The van der Waals surface area contributed by atoms with Crippen LogP contribution in [0.15, 0.2) is 35.1 Å². The van der Waals surface area contributed by atoms with Crippen LogP contribution in [0.4, 0.5) is 0 Å². The number of rotatable bonds is 8. The first-order valence-corrected chi connectivity index (χ1v) is 24.0. The molecular weight excluding hydrogens is 633 g/mol. The van der Waals surface area contributed by atoms with E-state index in [1.54, 1.807) is 0 Å². The van der Waals surface area contributed by atoms with E-state index in [1.165, 1.54) is 12.7 Å². The first-order chi connectivity index (χ1) is 22.1. The summed E-state index contributed by atoms with van der Waals surface area (Å²) in [5, 5.41) is 11.2. The molecule has 6 nitrogen and oxygen atoms in total. The van der Waals surface area contributed by atoms with E-state index in [4.69, 9.17) is 18.3 Å². The Morgan fingerprint density at radius 3 is 2.15 bits per heavy atom. The summed E-state index contributed by atoms with van der Waals surface area (Å²) in [6, 6.07) is 0. The van der Waals surface area contributed by atoms with Crippen LogP contribution in [0.5, 0.6) is 0 Å². The molecular formula is C40H68O6Si2. The molecule has 5 aliphatic rings. The van der Waals surface area contributed by atoms with Gasteiger partial charge in [0.25, 0.3) is 0 Å². The smallest absolute Gasteiger partial charge is 0.337 e. The Bertz CT molecular complexity index is 1320. The summed E-state index contributed by atoms with van der Waals surface area (Å²) in [6.07, 6.45) is 4.13. The van der Waals surface area contributed by atoms with Gasteiger partial charge in [0, 0.05) is 29.2 Å². The summed E-state index contributed by atoms with van der Waals surface area (Å²) >= 11 is 0. The van der Waals surface area contributed by atoms with E-state index in [-0.39, 0.29) is 58.7 Å². The Kier molecular flexibility index (Phi) is 10.1. The van der Waals surface area contributed by atoms with Crippen molar-refractivity contribution in [1.82, 2.24) is 0 Å². The van der Waals surface area contributed by atoms with Gasteiger partial charge in [0.1, 0.15) is 11.4 Å². The lowest BCUT2D eigenvalue weighted by Gasteiger charge is -2.49. The molecule has 2 saturated carbocycles. The minimum absolute atomic E-state index is 0.00467. The predicted octanol–water partition coefficient (Wildman–Crippen LogP) is 9.57. The Morgan fingerprint density at radius 1 is 1.04 bits per heavy atom. The van der Waals surface area contributed by atoms with Crippen LogP contribution in [0.1, 0.15) is 102 Å². The fourth-order valence-corrected chi connectivity index (χ4v) is 18.2. The number of allylic oxidation sites excluding steroid dienone is 1. The van der Waals surface area contributed by atoms with Crippen molar-refractivity contribution in [2.24, 2.45) is 41.4 Å². The summed E-state index contributed by atoms with van der Waals surface area (Å²) in [4.78, 5) is 14.0. The third-order valence-corrected chi connectivity index (χ3v) is 25.1. The van der Waals surface area contributed by atoms with Crippen molar-refractivity contribution in [2.75, 3.05) is 7.11 Å². The van der Waals surface area contributed by atoms with Crippen LogP contribution in [0.3, 0.4) is 0 Å². The first kappa shape index (κ1) is 38.0. The van der Waals surface area contributed by atoms with Crippen LogP contribution in [0, 0.1) is 41.4 Å². The van der Waals surface area contributed by atoms with E-state index in [0.717, 1.165) is 12.8 Å². The maximum Gasteiger partial charge on any atom is 0.337 e. The standard InChI is InChI=1S/C40H68O6Si2/c1-21(2)48(22(3)4,23(5)6)46-35-26(9)37(45-47(15,16)39(10,11)12)32-28(35)19-24(7)27-20-29-33(31(27)32)34(38(42)43-14)36-25(8)30(41)17-18-40(29,13)44-36/h19,21-23,26-33,35,37,41H,8,17-18,20H2,1-7,9-16H3/t26-,27-,28+,29+,30-,31-,32-,33+,35-,37+,40-/m0/s1. The Hall–Kier alpha value is -1.20. The number of carbonyl (C=O) groups is 1. The number of fused-ring (bicyclic) bond motifs is 8. The first-order valence-electron chi connectivity index (χ1n) is 19.0. The monoisotopic (exact) mass is 700 g/mol. The van der Waals surface area contributed by atoms with Gasteiger partial charge in [0.05, 0.1) is 31.0 Å². The molecule has 0 aromatic rings. The van der Waals surface area contributed by atoms with Gasteiger partial charge in [-0.1, -0.05) is 87.5 Å². The van der Waals surface area contributed by atoms with Crippen molar-refractivity contribution in [3.8, 4) is 0 Å². The highest BCUT2D eigenvalue weighted by atomic mass is 28.4. The van der Waals surface area contributed by atoms with Gasteiger partial charge >= 0.3 is 5.97 Å². The molecule has 3 fully saturated rings. The molecule has 1 N–H and O–H groups in total. The number of hydrogen-bond acceptors (Lipinski definition) is 6. The largest absolute Gasteiger partial charge is 0.486 e. The molecule has 0 amide bonds. The SMILES string of the molecule is C=C1C2=C(C(=O)OC)[C@H]3[C@@H]4[C@@H]5[C@@H](C=C(C)[C@@H]4C[C@H]3[C@](C)(CC[C@@H]1O)O2)[C@@H](O[Si](C(C)C)(C(C)C)C(C)C)[C@H](C)[C@H]5O[Si](C)(C)C(C)(C)C. The van der Waals surface area contributed by atoms with E-state index in [2.05, 4.69) is 109 Å². The molecule has 0 aromatic carbocycles. The summed E-state index contributed by atoms with van der Waals surface area (Å²) in [5.41, 5.74) is 3.45. The number of carbonyl (C=O) groups excluding carboxylic acids is 1. The fraction of sp³-hybridized carbons (Fsp3) is 0.825. The summed E-state index contributed by atoms with van der Waals surface area (Å²) in [5.74, 6) is 1.20. The number of esters is 1. The van der Waals surface area contributed by atoms with Gasteiger partial charge in [-0.2, -0.15) is 0 Å². The van der Waals surface area contributed by atoms with Crippen molar-refractivity contribution >= 4 is 22.6 Å². The van der Waals surface area contributed by atoms with Gasteiger partial charge in [-0.25, -0.2) is 4.79 Å². The van der Waals surface area contributed by atoms with Gasteiger partial charge in [0.15, 0.2) is 8.32 Å². The second-order valence-electron chi connectivity index (χ2n) is 18.9. The molecule has 3 aliphatic carbocycles. The van der Waals surface area contributed by atoms with E-state index in [0.29, 0.717) is 45.9 Å². The molecule has 11 atom stereocenters. The van der Waals surface area contributed by atoms with E-state index in [9.17, 15) is 9.90 Å². The zero-order valence-corrected chi connectivity index (χ0v) is 34.9. The quantitative estimate of drug-likeness (QED) is 0.155. The Balaban J connectivity index is 1.73. The van der Waals surface area contributed by atoms with E-state index < -0.39 is 28.3 Å². The molecule has 8 heteroatoms. The van der Waals surface area contributed by atoms with Crippen molar-refractivity contribution in [3.63, 3.8) is 0 Å². The van der Waals surface area contributed by atoms with Crippen molar-refractivity contribution in [2.45, 2.75) is 161 Å². The maximum absolute atomic E-state index is 14.0. The third kappa shape index (κ3) is 5.70. The molecule has 0 spiro atoms. The van der Waals surface area contributed by atoms with Crippen LogP contribution in [0.2, 0.25) is 34.8 Å². The third-order valence-electron chi connectivity index (χ3n) is 14.5. The molecule has 272 valence electrons. The zero-order valence-electron chi connectivity index (χ0n) is 32.9. The highest BCUT2D eigenvalue weighted by Crippen LogP contribution is 2.67. The average molecular weight is 701 g/mol. The summed E-state index contributed by atoms with van der Waals surface area (Å²) < 4.78 is 27.8. The van der Waals surface area contributed by atoms with Crippen molar-refractivity contribution < 1.29 is 28.2 Å². The number of aliphatic hydroxyl groups excluding tert-OH is 1. The van der Waals surface area contributed by atoms with Gasteiger partial charge in [0.2, 0.25) is 8.32 Å². The van der Waals surface area contributed by atoms with E-state index >= 15 is 0 Å². The number of hydrogen-bond donors (Lipinski definition) is 1. The normalized spacial score (nSPS) is 38.5. The lowest BCUT2D eigenvalue weighted by atomic mass is 9.63. The molecule has 2 heterocycles. The van der Waals surface area contributed by atoms with E-state index in [1.807, 2.05) is 0 Å². The number of ether oxygens (including phenoxy) is 2. The van der Waals surface area contributed by atoms with Crippen molar-refractivity contribution in [1.29, 1.82) is 0 Å². The van der Waals surface area contributed by atoms with Gasteiger partial charge in [-0.15, -0.1) is 0 Å². The minimum atomic E-state index is -2.23. The molecule has 0 unspecified atom stereocenters. The minimum Gasteiger partial charge on any atom is -0.486 e. The zero-order chi connectivity index (χ0) is 36.0. The van der Waals surface area contributed by atoms with Crippen LogP contribution < -0.4 is 0 Å². The van der Waals surface area contributed by atoms with Gasteiger partial charge in [-0.05, 0) is 85.6 Å². The molecule has 5 rings (SSSR count). The number of aliphatic hydroxyl groups is 1. The maximum atomic E-state index is 14.0. The summed E-state index contributed by atoms with van der Waals surface area (Å²) in [7, 11) is -2.96. The molecule has 48 heavy (non-hydrogen) atoms. The Labute approximate surface area is 294 Å². The van der Waals surface area contributed by atoms with Crippen LogP contribution in [-0.2, 0) is 23.1 Å². The highest BCUT2D eigenvalue weighted by molar-refractivity contribution is 6.77. The topological polar surface area (TPSA) is 74.2 Å². The highest BCUT2D eigenvalue weighted by Gasteiger charge is 2.67. The van der Waals surface area contributed by atoms with Crippen LogP contribution in [-0.4, -0.2) is 58.7 Å². The second-order valence-corrected chi connectivity index (χ2v) is 29.1. The Morgan fingerprint density at radius 2 is 1.62 bits per heavy atom. The molecule has 1 saturated heterocycles. The van der Waals surface area contributed by atoms with Crippen LogP contribution >= 0.6 is 0 Å². The summed E-state index contributed by atoms with van der Waals surface area (Å²) in [6.45, 7) is 37.3. The molecule has 2 aliphatic heterocycles. The lowest BCUT2D eigenvalue weighted by molar-refractivity contribution is -0.140. The van der Waals surface area contributed by atoms with Gasteiger partial charge < -0.3 is 23.4 Å². The van der Waals surface area contributed by atoms with Crippen LogP contribution in [0.25, 0.3) is 0 Å². The molecule has 2 bridgehead atoms. The molecule has 0 radical (unpaired) electrons.